The van der Waals surface area contributed by atoms with Gasteiger partial charge in [-0.15, -0.1) is 0 Å². The average Bonchev–Trinajstić information content (AvgIpc) is 2.69. The fraction of sp³-hybridized carbons (Fsp3) is 0.625. The van der Waals surface area contributed by atoms with Gasteiger partial charge in [0, 0.05) is 17.5 Å². The van der Waals surface area contributed by atoms with Crippen LogP contribution in [0.25, 0.3) is 10.9 Å². The van der Waals surface area contributed by atoms with Crippen molar-refractivity contribution in [1.29, 1.82) is 0 Å². The Morgan fingerprint density at radius 1 is 0.931 bits per heavy atom. The number of rotatable bonds is 13. The standard InChI is InChI=1S/C24H37NO4/c1-5-7-9-10-11-12-16-28-19-13-14-20-21(17-19)25(18(3)4)24(27)23(22(20)26)29-15-8-6-2/h13-14,17-18,26H,5-12,15-16H2,1-4H3. The van der Waals surface area contributed by atoms with Gasteiger partial charge in [-0.05, 0) is 38.8 Å². The van der Waals surface area contributed by atoms with E-state index in [1.54, 1.807) is 4.57 Å². The molecular weight excluding hydrogens is 366 g/mol. The fourth-order valence-corrected chi connectivity index (χ4v) is 3.48. The predicted octanol–water partition coefficient (Wildman–Crippen LogP) is 6.21. The fourth-order valence-electron chi connectivity index (χ4n) is 3.48. The van der Waals surface area contributed by atoms with Gasteiger partial charge in [0.15, 0.2) is 5.75 Å². The second-order valence-electron chi connectivity index (χ2n) is 7.94. The Kier molecular flexibility index (Phi) is 9.36. The number of pyridine rings is 1. The first-order chi connectivity index (χ1) is 14.0. The second kappa shape index (κ2) is 11.7. The quantitative estimate of drug-likeness (QED) is 0.404. The van der Waals surface area contributed by atoms with Crippen LogP contribution in [-0.4, -0.2) is 22.9 Å². The lowest BCUT2D eigenvalue weighted by Gasteiger charge is -2.19. The Morgan fingerprint density at radius 2 is 1.59 bits per heavy atom. The number of benzene rings is 1. The molecule has 0 spiro atoms. The van der Waals surface area contributed by atoms with Gasteiger partial charge in [0.25, 0.3) is 5.56 Å². The number of aromatic nitrogens is 1. The van der Waals surface area contributed by atoms with Crippen LogP contribution in [0.3, 0.4) is 0 Å². The van der Waals surface area contributed by atoms with Crippen LogP contribution in [0.5, 0.6) is 17.2 Å². The smallest absolute Gasteiger partial charge is 0.297 e. The van der Waals surface area contributed by atoms with E-state index >= 15 is 0 Å². The molecule has 5 nitrogen and oxygen atoms in total. The van der Waals surface area contributed by atoms with Gasteiger partial charge in [-0.3, -0.25) is 4.79 Å². The third kappa shape index (κ3) is 6.15. The number of unbranched alkanes of at least 4 members (excludes halogenated alkanes) is 6. The van der Waals surface area contributed by atoms with Crippen molar-refractivity contribution in [2.75, 3.05) is 13.2 Å². The molecule has 2 aromatic rings. The molecule has 0 aliphatic rings. The average molecular weight is 404 g/mol. The highest BCUT2D eigenvalue weighted by Crippen LogP contribution is 2.34. The SMILES string of the molecule is CCCCCCCCOc1ccc2c(O)c(OCCCC)c(=O)n(C(C)C)c2c1. The molecule has 0 saturated heterocycles. The first-order valence-corrected chi connectivity index (χ1v) is 11.2. The summed E-state index contributed by atoms with van der Waals surface area (Å²) in [6.07, 6.45) is 9.08. The van der Waals surface area contributed by atoms with Gasteiger partial charge in [-0.25, -0.2) is 0 Å². The molecular formula is C24H37NO4. The Bertz CT molecular complexity index is 826. The number of aromatic hydroxyl groups is 1. The van der Waals surface area contributed by atoms with E-state index in [1.165, 1.54) is 32.1 Å². The lowest BCUT2D eigenvalue weighted by atomic mass is 10.1. The summed E-state index contributed by atoms with van der Waals surface area (Å²) < 4.78 is 13.2. The van der Waals surface area contributed by atoms with Crippen LogP contribution >= 0.6 is 0 Å². The Balaban J connectivity index is 2.21. The van der Waals surface area contributed by atoms with E-state index in [0.29, 0.717) is 24.1 Å². The summed E-state index contributed by atoms with van der Waals surface area (Å²) in [6, 6.07) is 5.45. The normalized spacial score (nSPS) is 11.3. The maximum Gasteiger partial charge on any atom is 0.297 e. The van der Waals surface area contributed by atoms with E-state index in [9.17, 15) is 9.90 Å². The zero-order valence-electron chi connectivity index (χ0n) is 18.5. The number of fused-ring (bicyclic) bond motifs is 1. The van der Waals surface area contributed by atoms with E-state index in [1.807, 2.05) is 32.0 Å². The molecule has 0 aliphatic heterocycles. The monoisotopic (exact) mass is 403 g/mol. The maximum absolute atomic E-state index is 13.0. The van der Waals surface area contributed by atoms with Gasteiger partial charge in [0.1, 0.15) is 5.75 Å². The minimum atomic E-state index is -0.297. The van der Waals surface area contributed by atoms with Gasteiger partial charge in [-0.2, -0.15) is 0 Å². The molecule has 0 unspecified atom stereocenters. The Morgan fingerprint density at radius 3 is 2.28 bits per heavy atom. The summed E-state index contributed by atoms with van der Waals surface area (Å²) in [5.74, 6) is 0.680. The van der Waals surface area contributed by atoms with Crippen molar-refractivity contribution < 1.29 is 14.6 Å². The van der Waals surface area contributed by atoms with Gasteiger partial charge >= 0.3 is 0 Å². The highest BCUT2D eigenvalue weighted by atomic mass is 16.5. The molecule has 1 aromatic carbocycles. The van der Waals surface area contributed by atoms with E-state index in [-0.39, 0.29) is 23.1 Å². The molecule has 5 heteroatoms. The third-order valence-corrected chi connectivity index (χ3v) is 5.14. The molecule has 0 fully saturated rings. The number of hydrogen-bond donors (Lipinski definition) is 1. The molecule has 0 radical (unpaired) electrons. The maximum atomic E-state index is 13.0. The molecule has 0 aliphatic carbocycles. The van der Waals surface area contributed by atoms with Crippen LogP contribution in [0.4, 0.5) is 0 Å². The van der Waals surface area contributed by atoms with Crippen LogP contribution in [0.1, 0.15) is 85.1 Å². The molecule has 2 rings (SSSR count). The number of hydrogen-bond acceptors (Lipinski definition) is 4. The first kappa shape index (κ1) is 23.1. The van der Waals surface area contributed by atoms with Crippen molar-refractivity contribution >= 4 is 10.9 Å². The van der Waals surface area contributed by atoms with Gasteiger partial charge in [0.2, 0.25) is 5.75 Å². The zero-order chi connectivity index (χ0) is 21.2. The molecule has 1 N–H and O–H groups in total. The van der Waals surface area contributed by atoms with Crippen molar-refractivity contribution in [3.05, 3.63) is 28.6 Å². The van der Waals surface area contributed by atoms with Crippen LogP contribution in [-0.2, 0) is 0 Å². The molecule has 162 valence electrons. The summed E-state index contributed by atoms with van der Waals surface area (Å²) in [7, 11) is 0. The molecule has 0 bridgehead atoms. The molecule has 1 aromatic heterocycles. The van der Waals surface area contributed by atoms with E-state index in [4.69, 9.17) is 9.47 Å². The van der Waals surface area contributed by atoms with Crippen molar-refractivity contribution in [2.45, 2.75) is 85.1 Å². The lowest BCUT2D eigenvalue weighted by molar-refractivity contribution is 0.286. The summed E-state index contributed by atoms with van der Waals surface area (Å²) in [5, 5.41) is 11.3. The third-order valence-electron chi connectivity index (χ3n) is 5.14. The van der Waals surface area contributed by atoms with Crippen molar-refractivity contribution in [1.82, 2.24) is 4.57 Å². The summed E-state index contributed by atoms with van der Waals surface area (Å²) in [4.78, 5) is 13.0. The Hall–Kier alpha value is -2.17. The van der Waals surface area contributed by atoms with Gasteiger partial charge < -0.3 is 19.1 Å². The minimum Gasteiger partial charge on any atom is -0.504 e. The number of nitrogens with zero attached hydrogens (tertiary/aromatic N) is 1. The van der Waals surface area contributed by atoms with Gasteiger partial charge in [-0.1, -0.05) is 52.4 Å². The molecule has 0 atom stereocenters. The van der Waals surface area contributed by atoms with Crippen molar-refractivity contribution in [3.63, 3.8) is 0 Å². The largest absolute Gasteiger partial charge is 0.504 e. The van der Waals surface area contributed by atoms with Gasteiger partial charge in [0.05, 0.1) is 18.7 Å². The van der Waals surface area contributed by atoms with E-state index < -0.39 is 0 Å². The minimum absolute atomic E-state index is 0.0420. The van der Waals surface area contributed by atoms with Crippen molar-refractivity contribution in [3.8, 4) is 17.2 Å². The van der Waals surface area contributed by atoms with Crippen LogP contribution in [0.15, 0.2) is 23.0 Å². The highest BCUT2D eigenvalue weighted by molar-refractivity contribution is 5.88. The molecule has 29 heavy (non-hydrogen) atoms. The molecule has 0 saturated carbocycles. The van der Waals surface area contributed by atoms with Crippen LogP contribution in [0, 0.1) is 0 Å². The van der Waals surface area contributed by atoms with Crippen LogP contribution in [0.2, 0.25) is 0 Å². The zero-order valence-corrected chi connectivity index (χ0v) is 18.5. The lowest BCUT2D eigenvalue weighted by Crippen LogP contribution is -2.24. The summed E-state index contributed by atoms with van der Waals surface area (Å²) >= 11 is 0. The molecule has 1 heterocycles. The van der Waals surface area contributed by atoms with Crippen LogP contribution < -0.4 is 15.0 Å². The highest BCUT2D eigenvalue weighted by Gasteiger charge is 2.19. The summed E-state index contributed by atoms with van der Waals surface area (Å²) in [5.41, 5.74) is 0.375. The summed E-state index contributed by atoms with van der Waals surface area (Å²) in [6.45, 7) is 9.27. The topological polar surface area (TPSA) is 60.7 Å². The van der Waals surface area contributed by atoms with E-state index in [2.05, 4.69) is 13.8 Å². The first-order valence-electron chi connectivity index (χ1n) is 11.2. The van der Waals surface area contributed by atoms with E-state index in [0.717, 1.165) is 25.0 Å². The Labute approximate surface area is 174 Å². The predicted molar refractivity (Wildman–Crippen MR) is 120 cm³/mol. The number of ether oxygens (including phenoxy) is 2. The second-order valence-corrected chi connectivity index (χ2v) is 7.94. The molecule has 0 amide bonds. The van der Waals surface area contributed by atoms with Crippen molar-refractivity contribution in [2.24, 2.45) is 0 Å².